The number of amides is 1. The van der Waals surface area contributed by atoms with Crippen molar-refractivity contribution in [3.05, 3.63) is 74.0 Å². The van der Waals surface area contributed by atoms with Gasteiger partial charge in [0.25, 0.3) is 5.91 Å². The SMILES string of the molecule is CN=C/C(=C\N)c1oc2c(C(C)Nc3ccc(Cl)nc3C(N)=O)cc(C)cc2c(=O)c1C. The van der Waals surface area contributed by atoms with Gasteiger partial charge in [-0.2, -0.15) is 0 Å². The fourth-order valence-electron chi connectivity index (χ4n) is 3.53. The number of carbonyl (C=O) groups excluding carboxylic acids is 1. The van der Waals surface area contributed by atoms with Crippen molar-refractivity contribution in [2.75, 3.05) is 12.4 Å². The summed E-state index contributed by atoms with van der Waals surface area (Å²) in [6.45, 7) is 5.46. The highest BCUT2D eigenvalue weighted by molar-refractivity contribution is 6.29. The molecule has 0 aliphatic heterocycles. The number of pyridine rings is 1. The lowest BCUT2D eigenvalue weighted by molar-refractivity contribution is 0.0996. The maximum Gasteiger partial charge on any atom is 0.269 e. The number of aromatic nitrogens is 1. The Morgan fingerprint density at radius 1 is 1.31 bits per heavy atom. The minimum atomic E-state index is -0.711. The molecule has 3 rings (SSSR count). The number of aliphatic imine (C=N–C) groups is 1. The molecule has 9 heteroatoms. The van der Waals surface area contributed by atoms with Crippen LogP contribution in [0.1, 0.15) is 45.9 Å². The molecule has 0 spiro atoms. The minimum absolute atomic E-state index is 0.0202. The Bertz CT molecular complexity index is 1330. The number of nitrogens with zero attached hydrogens (tertiary/aromatic N) is 2. The first kappa shape index (κ1) is 23.0. The Labute approximate surface area is 190 Å². The van der Waals surface area contributed by atoms with Crippen LogP contribution in [0.2, 0.25) is 5.15 Å². The van der Waals surface area contributed by atoms with E-state index < -0.39 is 5.91 Å². The van der Waals surface area contributed by atoms with E-state index in [0.29, 0.717) is 39.1 Å². The smallest absolute Gasteiger partial charge is 0.269 e. The molecule has 1 aromatic carbocycles. The number of aryl methyl sites for hydroxylation is 1. The Hall–Kier alpha value is -3.65. The molecule has 166 valence electrons. The normalized spacial score (nSPS) is 13.0. The highest BCUT2D eigenvalue weighted by Crippen LogP contribution is 2.31. The largest absolute Gasteiger partial charge is 0.455 e. The third-order valence-corrected chi connectivity index (χ3v) is 5.25. The summed E-state index contributed by atoms with van der Waals surface area (Å²) in [5, 5.41) is 3.83. The van der Waals surface area contributed by atoms with E-state index in [1.807, 2.05) is 19.9 Å². The lowest BCUT2D eigenvalue weighted by Crippen LogP contribution is -2.18. The number of anilines is 1. The molecule has 1 amide bonds. The predicted molar refractivity (Wildman–Crippen MR) is 128 cm³/mol. The second-order valence-electron chi connectivity index (χ2n) is 7.39. The van der Waals surface area contributed by atoms with Gasteiger partial charge >= 0.3 is 0 Å². The van der Waals surface area contributed by atoms with E-state index in [1.165, 1.54) is 12.4 Å². The van der Waals surface area contributed by atoms with Crippen molar-refractivity contribution in [2.45, 2.75) is 26.8 Å². The third-order valence-electron chi connectivity index (χ3n) is 5.04. The number of hydrogen-bond donors (Lipinski definition) is 3. The van der Waals surface area contributed by atoms with Crippen LogP contribution in [0.25, 0.3) is 16.5 Å². The number of rotatable bonds is 6. The van der Waals surface area contributed by atoms with Crippen LogP contribution in [-0.4, -0.2) is 24.2 Å². The topological polar surface area (TPSA) is 137 Å². The van der Waals surface area contributed by atoms with Gasteiger partial charge in [0, 0.05) is 30.6 Å². The first-order valence-electron chi connectivity index (χ1n) is 9.83. The number of fused-ring (bicyclic) bond motifs is 1. The standard InChI is InChI=1S/C23H24ClN5O3/c1-11-7-15(13(3)28-17-5-6-18(24)29-19(17)23(26)31)22-16(8-11)20(30)12(2)21(32-22)14(9-25)10-27-4/h5-10,13,28H,25H2,1-4H3,(H2,26,31)/b14-9+,27-10?. The van der Waals surface area contributed by atoms with Gasteiger partial charge in [0.05, 0.1) is 22.7 Å². The molecule has 0 fully saturated rings. The zero-order valence-corrected chi connectivity index (χ0v) is 18.9. The van der Waals surface area contributed by atoms with Crippen LogP contribution in [0.4, 0.5) is 5.69 Å². The second kappa shape index (κ2) is 9.23. The van der Waals surface area contributed by atoms with E-state index >= 15 is 0 Å². The van der Waals surface area contributed by atoms with Gasteiger partial charge in [-0.05, 0) is 44.5 Å². The van der Waals surface area contributed by atoms with Crippen LogP contribution in [-0.2, 0) is 0 Å². The van der Waals surface area contributed by atoms with Crippen LogP contribution < -0.4 is 22.2 Å². The van der Waals surface area contributed by atoms with Crippen LogP contribution >= 0.6 is 11.6 Å². The fraction of sp³-hybridized carbons (Fsp3) is 0.217. The van der Waals surface area contributed by atoms with E-state index in [4.69, 9.17) is 27.5 Å². The Balaban J connectivity index is 2.21. The van der Waals surface area contributed by atoms with E-state index in [9.17, 15) is 9.59 Å². The van der Waals surface area contributed by atoms with Crippen LogP contribution in [0.3, 0.4) is 0 Å². The highest BCUT2D eigenvalue weighted by Gasteiger charge is 2.21. The highest BCUT2D eigenvalue weighted by atomic mass is 35.5. The molecule has 0 aliphatic rings. The number of nitrogens with two attached hydrogens (primary N) is 2. The molecule has 32 heavy (non-hydrogen) atoms. The van der Waals surface area contributed by atoms with Gasteiger partial charge in [-0.25, -0.2) is 4.98 Å². The number of halogens is 1. The summed E-state index contributed by atoms with van der Waals surface area (Å²) in [7, 11) is 1.61. The molecular formula is C23H24ClN5O3. The molecule has 0 aliphatic carbocycles. The number of carbonyl (C=O) groups is 1. The zero-order valence-electron chi connectivity index (χ0n) is 18.2. The quantitative estimate of drug-likeness (QED) is 0.384. The predicted octanol–water partition coefficient (Wildman–Crippen LogP) is 3.73. The summed E-state index contributed by atoms with van der Waals surface area (Å²) in [4.78, 5) is 33.0. The first-order valence-corrected chi connectivity index (χ1v) is 10.2. The van der Waals surface area contributed by atoms with Crippen molar-refractivity contribution >= 4 is 46.0 Å². The summed E-state index contributed by atoms with van der Waals surface area (Å²) in [6, 6.07) is 6.51. The molecule has 8 nitrogen and oxygen atoms in total. The summed E-state index contributed by atoms with van der Waals surface area (Å²) in [6.07, 6.45) is 2.88. The van der Waals surface area contributed by atoms with Gasteiger partial charge in [-0.3, -0.25) is 14.6 Å². The van der Waals surface area contributed by atoms with Crippen molar-refractivity contribution in [3.63, 3.8) is 0 Å². The summed E-state index contributed by atoms with van der Waals surface area (Å²) < 4.78 is 6.21. The third kappa shape index (κ3) is 4.36. The van der Waals surface area contributed by atoms with E-state index in [-0.39, 0.29) is 22.3 Å². The number of nitrogens with one attached hydrogen (secondary N) is 1. The van der Waals surface area contributed by atoms with E-state index in [2.05, 4.69) is 15.3 Å². The molecule has 2 aromatic heterocycles. The second-order valence-corrected chi connectivity index (χ2v) is 7.77. The number of allylic oxidation sites excluding steroid dienone is 1. The molecule has 5 N–H and O–H groups in total. The van der Waals surface area contributed by atoms with Gasteiger partial charge in [0.15, 0.2) is 11.1 Å². The van der Waals surface area contributed by atoms with Crippen molar-refractivity contribution in [3.8, 4) is 0 Å². The van der Waals surface area contributed by atoms with Crippen molar-refractivity contribution in [2.24, 2.45) is 16.5 Å². The van der Waals surface area contributed by atoms with Gasteiger partial charge < -0.3 is 21.2 Å². The molecule has 0 saturated carbocycles. The van der Waals surface area contributed by atoms with Gasteiger partial charge in [0.2, 0.25) is 0 Å². The average molecular weight is 454 g/mol. The first-order chi connectivity index (χ1) is 15.2. The molecular weight excluding hydrogens is 430 g/mol. The molecule has 1 unspecified atom stereocenters. The van der Waals surface area contributed by atoms with Crippen LogP contribution in [0.15, 0.2) is 44.7 Å². The van der Waals surface area contributed by atoms with Crippen LogP contribution in [0, 0.1) is 13.8 Å². The minimum Gasteiger partial charge on any atom is -0.455 e. The maximum atomic E-state index is 13.2. The van der Waals surface area contributed by atoms with Gasteiger partial charge in [-0.15, -0.1) is 0 Å². The fourth-order valence-corrected chi connectivity index (χ4v) is 3.68. The Kier molecular flexibility index (Phi) is 6.64. The van der Waals surface area contributed by atoms with Gasteiger partial charge in [-0.1, -0.05) is 17.7 Å². The van der Waals surface area contributed by atoms with Crippen molar-refractivity contribution < 1.29 is 9.21 Å². The molecule has 0 radical (unpaired) electrons. The Morgan fingerprint density at radius 3 is 2.66 bits per heavy atom. The lowest BCUT2D eigenvalue weighted by Gasteiger charge is -2.20. The molecule has 0 saturated heterocycles. The van der Waals surface area contributed by atoms with Crippen molar-refractivity contribution in [1.29, 1.82) is 0 Å². The molecule has 0 bridgehead atoms. The summed E-state index contributed by atoms with van der Waals surface area (Å²) in [5.74, 6) is -0.365. The summed E-state index contributed by atoms with van der Waals surface area (Å²) in [5.41, 5.74) is 14.4. The number of hydrogen-bond acceptors (Lipinski definition) is 7. The molecule has 1 atom stereocenters. The maximum absolute atomic E-state index is 13.2. The summed E-state index contributed by atoms with van der Waals surface area (Å²) >= 11 is 5.91. The molecule has 2 heterocycles. The zero-order chi connectivity index (χ0) is 23.6. The number of benzene rings is 1. The molecule has 3 aromatic rings. The lowest BCUT2D eigenvalue weighted by atomic mass is 9.99. The van der Waals surface area contributed by atoms with Crippen LogP contribution in [0.5, 0.6) is 0 Å². The van der Waals surface area contributed by atoms with Crippen molar-refractivity contribution in [1.82, 2.24) is 4.98 Å². The monoisotopic (exact) mass is 453 g/mol. The number of primary amides is 1. The average Bonchev–Trinajstić information content (AvgIpc) is 2.75. The van der Waals surface area contributed by atoms with E-state index in [0.717, 1.165) is 5.56 Å². The van der Waals surface area contributed by atoms with E-state index in [1.54, 1.807) is 32.2 Å². The van der Waals surface area contributed by atoms with Gasteiger partial charge in [0.1, 0.15) is 16.5 Å². The Morgan fingerprint density at radius 2 is 2.03 bits per heavy atom.